The van der Waals surface area contributed by atoms with Crippen molar-refractivity contribution in [1.29, 1.82) is 0 Å². The first-order chi connectivity index (χ1) is 11.6. The van der Waals surface area contributed by atoms with Crippen LogP contribution in [0.1, 0.15) is 22.6 Å². The van der Waals surface area contributed by atoms with Crippen LogP contribution in [0.4, 0.5) is 0 Å². The molecule has 3 aromatic rings. The van der Waals surface area contributed by atoms with Crippen LogP contribution < -0.4 is 5.73 Å². The summed E-state index contributed by atoms with van der Waals surface area (Å²) in [6, 6.07) is 27.5. The standard InChI is InChI=1S/C21H19NO2/c22-20(23)19(16-10-4-1-5-11-16)21(24,17-12-6-2-7-13-17)18-14-8-3-9-15-18/h1-15,19,24H,(H2,22,23)/t19-/m1/s1. The average molecular weight is 317 g/mol. The lowest BCUT2D eigenvalue weighted by Gasteiger charge is -2.36. The quantitative estimate of drug-likeness (QED) is 0.759. The zero-order chi connectivity index (χ0) is 17.0. The molecular weight excluding hydrogens is 298 g/mol. The minimum Gasteiger partial charge on any atom is -0.379 e. The molecule has 0 fully saturated rings. The van der Waals surface area contributed by atoms with Gasteiger partial charge in [-0.15, -0.1) is 0 Å². The van der Waals surface area contributed by atoms with Gasteiger partial charge in [-0.1, -0.05) is 91.0 Å². The Morgan fingerprint density at radius 1 is 0.750 bits per heavy atom. The van der Waals surface area contributed by atoms with E-state index < -0.39 is 17.4 Å². The van der Waals surface area contributed by atoms with Gasteiger partial charge in [-0.3, -0.25) is 4.79 Å². The summed E-state index contributed by atoms with van der Waals surface area (Å²) >= 11 is 0. The van der Waals surface area contributed by atoms with Gasteiger partial charge in [-0.25, -0.2) is 0 Å². The average Bonchev–Trinajstić information content (AvgIpc) is 2.64. The Bertz CT molecular complexity index is 762. The third-order valence-corrected chi connectivity index (χ3v) is 4.26. The van der Waals surface area contributed by atoms with E-state index in [2.05, 4.69) is 0 Å². The molecule has 3 nitrogen and oxygen atoms in total. The second-order valence-electron chi connectivity index (χ2n) is 5.74. The van der Waals surface area contributed by atoms with Crippen molar-refractivity contribution in [3.8, 4) is 0 Å². The molecule has 0 bridgehead atoms. The van der Waals surface area contributed by atoms with Crippen LogP contribution >= 0.6 is 0 Å². The summed E-state index contributed by atoms with van der Waals surface area (Å²) < 4.78 is 0. The zero-order valence-electron chi connectivity index (χ0n) is 13.2. The molecule has 0 saturated carbocycles. The van der Waals surface area contributed by atoms with Gasteiger partial charge in [0.15, 0.2) is 0 Å². The van der Waals surface area contributed by atoms with Crippen LogP contribution in [0.3, 0.4) is 0 Å². The summed E-state index contributed by atoms with van der Waals surface area (Å²) in [6.45, 7) is 0. The number of primary amides is 1. The lowest BCUT2D eigenvalue weighted by Crippen LogP contribution is -2.42. The van der Waals surface area contributed by atoms with Gasteiger partial charge in [0.1, 0.15) is 5.60 Å². The molecule has 3 N–H and O–H groups in total. The molecule has 120 valence electrons. The minimum absolute atomic E-state index is 0.573. The molecule has 0 aliphatic heterocycles. The normalized spacial score (nSPS) is 12.5. The van der Waals surface area contributed by atoms with Gasteiger partial charge < -0.3 is 10.8 Å². The smallest absolute Gasteiger partial charge is 0.228 e. The molecule has 3 heteroatoms. The van der Waals surface area contributed by atoms with Crippen molar-refractivity contribution in [2.45, 2.75) is 11.5 Å². The fraction of sp³-hybridized carbons (Fsp3) is 0.0952. The maximum atomic E-state index is 12.4. The van der Waals surface area contributed by atoms with Crippen LogP contribution in [0.15, 0.2) is 91.0 Å². The van der Waals surface area contributed by atoms with Gasteiger partial charge in [0.05, 0.1) is 5.92 Å². The van der Waals surface area contributed by atoms with Crippen molar-refractivity contribution in [3.05, 3.63) is 108 Å². The highest BCUT2D eigenvalue weighted by atomic mass is 16.3. The highest BCUT2D eigenvalue weighted by molar-refractivity contribution is 5.84. The fourth-order valence-electron chi connectivity index (χ4n) is 3.14. The third kappa shape index (κ3) is 2.82. The molecule has 0 unspecified atom stereocenters. The summed E-state index contributed by atoms with van der Waals surface area (Å²) in [6.07, 6.45) is 0. The summed E-state index contributed by atoms with van der Waals surface area (Å²) in [7, 11) is 0. The number of aliphatic hydroxyl groups is 1. The maximum Gasteiger partial charge on any atom is 0.228 e. The van der Waals surface area contributed by atoms with Gasteiger partial charge in [-0.2, -0.15) is 0 Å². The Hall–Kier alpha value is -2.91. The number of carbonyl (C=O) groups is 1. The molecule has 24 heavy (non-hydrogen) atoms. The topological polar surface area (TPSA) is 63.3 Å². The first kappa shape index (κ1) is 16.0. The third-order valence-electron chi connectivity index (χ3n) is 4.26. The maximum absolute atomic E-state index is 12.4. The highest BCUT2D eigenvalue weighted by Crippen LogP contribution is 2.42. The Kier molecular flexibility index (Phi) is 4.45. The molecule has 0 heterocycles. The van der Waals surface area contributed by atoms with E-state index in [1.807, 2.05) is 91.0 Å². The lowest BCUT2D eigenvalue weighted by atomic mass is 9.72. The summed E-state index contributed by atoms with van der Waals surface area (Å²) in [5.74, 6) is -1.47. The van der Waals surface area contributed by atoms with Crippen LogP contribution in [-0.4, -0.2) is 11.0 Å². The number of rotatable bonds is 5. The minimum atomic E-state index is -1.55. The van der Waals surface area contributed by atoms with E-state index in [0.29, 0.717) is 16.7 Å². The summed E-state index contributed by atoms with van der Waals surface area (Å²) in [5, 5.41) is 11.7. The zero-order valence-corrected chi connectivity index (χ0v) is 13.2. The van der Waals surface area contributed by atoms with E-state index in [1.165, 1.54) is 0 Å². The number of nitrogens with two attached hydrogens (primary N) is 1. The summed E-state index contributed by atoms with van der Waals surface area (Å²) in [4.78, 5) is 12.4. The second-order valence-corrected chi connectivity index (χ2v) is 5.74. The monoisotopic (exact) mass is 317 g/mol. The molecule has 3 aromatic carbocycles. The van der Waals surface area contributed by atoms with Crippen LogP contribution in [0.25, 0.3) is 0 Å². The summed E-state index contributed by atoms with van der Waals surface area (Å²) in [5.41, 5.74) is 6.12. The first-order valence-electron chi connectivity index (χ1n) is 7.81. The SMILES string of the molecule is NC(=O)[C@@H](c1ccccc1)C(O)(c1ccccc1)c1ccccc1. The van der Waals surface area contributed by atoms with Crippen molar-refractivity contribution >= 4 is 5.91 Å². The van der Waals surface area contributed by atoms with Crippen molar-refractivity contribution in [1.82, 2.24) is 0 Å². The van der Waals surface area contributed by atoms with Gasteiger partial charge >= 0.3 is 0 Å². The lowest BCUT2D eigenvalue weighted by molar-refractivity contribution is -0.124. The molecule has 0 spiro atoms. The Labute approximate surface area is 141 Å². The van der Waals surface area contributed by atoms with Crippen LogP contribution in [-0.2, 0) is 10.4 Å². The van der Waals surface area contributed by atoms with Crippen molar-refractivity contribution < 1.29 is 9.90 Å². The van der Waals surface area contributed by atoms with Crippen molar-refractivity contribution in [2.24, 2.45) is 5.73 Å². The molecule has 0 aromatic heterocycles. The number of hydrogen-bond acceptors (Lipinski definition) is 2. The van der Waals surface area contributed by atoms with E-state index in [-0.39, 0.29) is 0 Å². The number of amides is 1. The Balaban J connectivity index is 2.26. The largest absolute Gasteiger partial charge is 0.379 e. The molecule has 1 atom stereocenters. The van der Waals surface area contributed by atoms with Gasteiger partial charge in [0.25, 0.3) is 0 Å². The first-order valence-corrected chi connectivity index (χ1v) is 7.81. The van der Waals surface area contributed by atoms with Gasteiger partial charge in [0.2, 0.25) is 5.91 Å². The molecule has 0 radical (unpaired) electrons. The molecule has 0 saturated heterocycles. The predicted molar refractivity (Wildman–Crippen MR) is 94.3 cm³/mol. The van der Waals surface area contributed by atoms with E-state index in [0.717, 1.165) is 0 Å². The van der Waals surface area contributed by atoms with Crippen LogP contribution in [0, 0.1) is 0 Å². The van der Waals surface area contributed by atoms with Crippen molar-refractivity contribution in [3.63, 3.8) is 0 Å². The Morgan fingerprint density at radius 2 is 1.12 bits per heavy atom. The molecular formula is C21H19NO2. The van der Waals surface area contributed by atoms with Crippen LogP contribution in [0.2, 0.25) is 0 Å². The molecule has 3 rings (SSSR count). The van der Waals surface area contributed by atoms with E-state index >= 15 is 0 Å². The van der Waals surface area contributed by atoms with Crippen LogP contribution in [0.5, 0.6) is 0 Å². The molecule has 0 aliphatic carbocycles. The van der Waals surface area contributed by atoms with Gasteiger partial charge in [0, 0.05) is 0 Å². The molecule has 0 aliphatic rings. The van der Waals surface area contributed by atoms with E-state index in [1.54, 1.807) is 0 Å². The van der Waals surface area contributed by atoms with Crippen molar-refractivity contribution in [2.75, 3.05) is 0 Å². The highest BCUT2D eigenvalue weighted by Gasteiger charge is 2.44. The van der Waals surface area contributed by atoms with Gasteiger partial charge in [-0.05, 0) is 16.7 Å². The predicted octanol–water partition coefficient (Wildman–Crippen LogP) is 3.19. The second kappa shape index (κ2) is 6.69. The number of benzene rings is 3. The Morgan fingerprint density at radius 3 is 1.50 bits per heavy atom. The van der Waals surface area contributed by atoms with E-state index in [4.69, 9.17) is 5.73 Å². The number of carbonyl (C=O) groups excluding carboxylic acids is 1. The van der Waals surface area contributed by atoms with E-state index in [9.17, 15) is 9.90 Å². The molecule has 1 amide bonds. The fourth-order valence-corrected chi connectivity index (χ4v) is 3.14. The number of hydrogen-bond donors (Lipinski definition) is 2.